The summed E-state index contributed by atoms with van der Waals surface area (Å²) >= 11 is 0. The molecule has 8 nitrogen and oxygen atoms in total. The molecule has 1 aromatic carbocycles. The minimum atomic E-state index is -0.630. The van der Waals surface area contributed by atoms with Crippen LogP contribution in [0.15, 0.2) is 24.3 Å². The normalized spacial score (nSPS) is 16.6. The molecule has 0 saturated carbocycles. The first kappa shape index (κ1) is 21.8. The zero-order valence-corrected chi connectivity index (χ0v) is 16.6. The molecule has 28 heavy (non-hydrogen) atoms. The lowest BCUT2D eigenvalue weighted by Crippen LogP contribution is -2.46. The van der Waals surface area contributed by atoms with Crippen molar-refractivity contribution in [3.8, 4) is 0 Å². The van der Waals surface area contributed by atoms with Gasteiger partial charge in [-0.15, -0.1) is 0 Å². The first-order valence-electron chi connectivity index (χ1n) is 9.70. The van der Waals surface area contributed by atoms with Crippen LogP contribution in [0.5, 0.6) is 0 Å². The number of piperidine rings is 1. The smallest absolute Gasteiger partial charge is 0.243 e. The van der Waals surface area contributed by atoms with Crippen LogP contribution in [0.3, 0.4) is 0 Å². The zero-order valence-electron chi connectivity index (χ0n) is 16.6. The number of nitrogens with one attached hydrogen (secondary N) is 2. The molecule has 1 aromatic rings. The van der Waals surface area contributed by atoms with Crippen LogP contribution >= 0.6 is 0 Å². The van der Waals surface area contributed by atoms with Gasteiger partial charge in [0.25, 0.3) is 0 Å². The Morgan fingerprint density at radius 2 is 1.89 bits per heavy atom. The molecule has 8 heteroatoms. The SMILES string of the molecule is CC(C)[C@H](N)C(=O)NCC(=O)Nc1cccc(CN2CCC(C(N)=O)CC2)c1. The van der Waals surface area contributed by atoms with Crippen LogP contribution in [-0.2, 0) is 20.9 Å². The second kappa shape index (κ2) is 10.2. The molecule has 3 amide bonds. The molecular weight excluding hydrogens is 358 g/mol. The highest BCUT2D eigenvalue weighted by atomic mass is 16.2. The Morgan fingerprint density at radius 3 is 2.50 bits per heavy atom. The number of primary amides is 1. The average Bonchev–Trinajstić information content (AvgIpc) is 2.66. The number of carbonyl (C=O) groups is 3. The molecule has 0 unspecified atom stereocenters. The number of carbonyl (C=O) groups excluding carboxylic acids is 3. The van der Waals surface area contributed by atoms with Crippen molar-refractivity contribution >= 4 is 23.4 Å². The van der Waals surface area contributed by atoms with Crippen LogP contribution in [0.4, 0.5) is 5.69 Å². The minimum Gasteiger partial charge on any atom is -0.369 e. The summed E-state index contributed by atoms with van der Waals surface area (Å²) in [5.74, 6) is -0.874. The lowest BCUT2D eigenvalue weighted by molar-refractivity contribution is -0.125. The van der Waals surface area contributed by atoms with Crippen LogP contribution < -0.4 is 22.1 Å². The van der Waals surface area contributed by atoms with Gasteiger partial charge in [-0.2, -0.15) is 0 Å². The highest BCUT2D eigenvalue weighted by Gasteiger charge is 2.23. The summed E-state index contributed by atoms with van der Waals surface area (Å²) in [5, 5.41) is 5.35. The van der Waals surface area contributed by atoms with E-state index in [4.69, 9.17) is 11.5 Å². The average molecular weight is 390 g/mol. The zero-order chi connectivity index (χ0) is 20.7. The van der Waals surface area contributed by atoms with Crippen molar-refractivity contribution in [2.75, 3.05) is 25.0 Å². The molecule has 0 aromatic heterocycles. The Balaban J connectivity index is 1.82. The number of nitrogens with two attached hydrogens (primary N) is 2. The van der Waals surface area contributed by atoms with Gasteiger partial charge in [-0.25, -0.2) is 0 Å². The molecule has 1 heterocycles. The van der Waals surface area contributed by atoms with Crippen molar-refractivity contribution in [2.45, 2.75) is 39.3 Å². The number of anilines is 1. The van der Waals surface area contributed by atoms with Crippen molar-refractivity contribution in [1.29, 1.82) is 0 Å². The largest absolute Gasteiger partial charge is 0.369 e. The molecule has 1 aliphatic heterocycles. The molecular formula is C20H31N5O3. The summed E-state index contributed by atoms with van der Waals surface area (Å²) in [7, 11) is 0. The monoisotopic (exact) mass is 389 g/mol. The molecule has 2 rings (SSSR count). The van der Waals surface area contributed by atoms with E-state index in [0.29, 0.717) is 5.69 Å². The highest BCUT2D eigenvalue weighted by Crippen LogP contribution is 2.20. The lowest BCUT2D eigenvalue weighted by atomic mass is 9.96. The van der Waals surface area contributed by atoms with E-state index in [9.17, 15) is 14.4 Å². The van der Waals surface area contributed by atoms with Gasteiger partial charge in [0.05, 0.1) is 12.6 Å². The molecule has 0 radical (unpaired) electrons. The number of benzene rings is 1. The van der Waals surface area contributed by atoms with Crippen LogP contribution in [-0.4, -0.2) is 48.3 Å². The van der Waals surface area contributed by atoms with E-state index in [0.717, 1.165) is 38.0 Å². The molecule has 154 valence electrons. The van der Waals surface area contributed by atoms with E-state index in [-0.39, 0.29) is 36.1 Å². The van der Waals surface area contributed by atoms with Gasteiger partial charge in [-0.3, -0.25) is 19.3 Å². The molecule has 1 fully saturated rings. The Morgan fingerprint density at radius 1 is 1.21 bits per heavy atom. The lowest BCUT2D eigenvalue weighted by Gasteiger charge is -2.30. The summed E-state index contributed by atoms with van der Waals surface area (Å²) in [6, 6.07) is 6.98. The summed E-state index contributed by atoms with van der Waals surface area (Å²) in [5.41, 5.74) is 12.9. The summed E-state index contributed by atoms with van der Waals surface area (Å²) in [4.78, 5) is 37.5. The van der Waals surface area contributed by atoms with Crippen molar-refractivity contribution in [3.05, 3.63) is 29.8 Å². The topological polar surface area (TPSA) is 131 Å². The second-order valence-electron chi connectivity index (χ2n) is 7.69. The third kappa shape index (κ3) is 6.61. The van der Waals surface area contributed by atoms with Crippen LogP contribution in [0.2, 0.25) is 0 Å². The van der Waals surface area contributed by atoms with Crippen LogP contribution in [0, 0.1) is 11.8 Å². The molecule has 1 atom stereocenters. The van der Waals surface area contributed by atoms with E-state index >= 15 is 0 Å². The van der Waals surface area contributed by atoms with Crippen molar-refractivity contribution in [2.24, 2.45) is 23.3 Å². The van der Waals surface area contributed by atoms with Gasteiger partial charge in [-0.05, 0) is 49.5 Å². The summed E-state index contributed by atoms with van der Waals surface area (Å²) < 4.78 is 0. The first-order valence-corrected chi connectivity index (χ1v) is 9.70. The minimum absolute atomic E-state index is 0.00721. The predicted molar refractivity (Wildman–Crippen MR) is 108 cm³/mol. The van der Waals surface area contributed by atoms with E-state index in [1.165, 1.54) is 0 Å². The van der Waals surface area contributed by atoms with Crippen molar-refractivity contribution in [3.63, 3.8) is 0 Å². The number of hydrogen-bond donors (Lipinski definition) is 4. The van der Waals surface area contributed by atoms with E-state index < -0.39 is 6.04 Å². The number of amides is 3. The fourth-order valence-corrected chi connectivity index (χ4v) is 3.17. The molecule has 1 saturated heterocycles. The Bertz CT molecular complexity index is 699. The van der Waals surface area contributed by atoms with Gasteiger partial charge < -0.3 is 22.1 Å². The van der Waals surface area contributed by atoms with Gasteiger partial charge in [0.2, 0.25) is 17.7 Å². The molecule has 0 spiro atoms. The van der Waals surface area contributed by atoms with Crippen LogP contribution in [0.25, 0.3) is 0 Å². The van der Waals surface area contributed by atoms with Crippen LogP contribution in [0.1, 0.15) is 32.3 Å². The fourth-order valence-electron chi connectivity index (χ4n) is 3.17. The maximum Gasteiger partial charge on any atom is 0.243 e. The third-order valence-corrected chi connectivity index (χ3v) is 5.05. The van der Waals surface area contributed by atoms with E-state index in [1.807, 2.05) is 38.1 Å². The molecule has 1 aliphatic rings. The van der Waals surface area contributed by atoms with Gasteiger partial charge in [-0.1, -0.05) is 26.0 Å². The molecule has 0 aliphatic carbocycles. The highest BCUT2D eigenvalue weighted by molar-refractivity contribution is 5.95. The summed E-state index contributed by atoms with van der Waals surface area (Å²) in [6.45, 7) is 5.98. The number of hydrogen-bond acceptors (Lipinski definition) is 5. The van der Waals surface area contributed by atoms with Gasteiger partial charge in [0.15, 0.2) is 0 Å². The Labute approximate surface area is 166 Å². The van der Waals surface area contributed by atoms with E-state index in [1.54, 1.807) is 0 Å². The Kier molecular flexibility index (Phi) is 7.95. The fraction of sp³-hybridized carbons (Fsp3) is 0.550. The number of rotatable bonds is 8. The van der Waals surface area contributed by atoms with Crippen molar-refractivity contribution in [1.82, 2.24) is 10.2 Å². The third-order valence-electron chi connectivity index (χ3n) is 5.05. The quantitative estimate of drug-likeness (QED) is 0.512. The van der Waals surface area contributed by atoms with Crippen molar-refractivity contribution < 1.29 is 14.4 Å². The second-order valence-corrected chi connectivity index (χ2v) is 7.69. The molecule has 0 bridgehead atoms. The Hall–Kier alpha value is -2.45. The first-order chi connectivity index (χ1) is 13.3. The van der Waals surface area contributed by atoms with Gasteiger partial charge >= 0.3 is 0 Å². The van der Waals surface area contributed by atoms with E-state index in [2.05, 4.69) is 15.5 Å². The molecule has 6 N–H and O–H groups in total. The standard InChI is InChI=1S/C20H31N5O3/c1-13(2)18(21)20(28)23-11-17(26)24-16-5-3-4-14(10-16)12-25-8-6-15(7-9-25)19(22)27/h3-5,10,13,15,18H,6-9,11-12,21H2,1-2H3,(H2,22,27)(H,23,28)(H,24,26)/t18-/m0/s1. The van der Waals surface area contributed by atoms with Gasteiger partial charge in [0.1, 0.15) is 0 Å². The summed E-state index contributed by atoms with van der Waals surface area (Å²) in [6.07, 6.45) is 1.56. The number of nitrogens with zero attached hydrogens (tertiary/aromatic N) is 1. The number of likely N-dealkylation sites (tertiary alicyclic amines) is 1. The maximum absolute atomic E-state index is 12.1. The maximum atomic E-state index is 12.1. The predicted octanol–water partition coefficient (Wildman–Crippen LogP) is 0.422. The van der Waals surface area contributed by atoms with Gasteiger partial charge in [0, 0.05) is 18.2 Å².